The molecule has 0 aromatic heterocycles. The highest BCUT2D eigenvalue weighted by Gasteiger charge is 2.22. The number of rotatable bonds is 2. The highest BCUT2D eigenvalue weighted by atomic mass is 16.5. The molecule has 1 N–H and O–H groups in total. The van der Waals surface area contributed by atoms with E-state index in [-0.39, 0.29) is 6.10 Å². The Bertz CT molecular complexity index is 369. The molecule has 2 heteroatoms. The Hall–Kier alpha value is -0.860. The molecule has 2 unspecified atom stereocenters. The summed E-state index contributed by atoms with van der Waals surface area (Å²) in [5, 5.41) is 9.60. The molecule has 1 aromatic carbocycles. The van der Waals surface area contributed by atoms with Gasteiger partial charge >= 0.3 is 0 Å². The van der Waals surface area contributed by atoms with E-state index in [4.69, 9.17) is 4.74 Å². The third kappa shape index (κ3) is 4.57. The number of hydrogen-bond acceptors (Lipinski definition) is 2. The number of aliphatic hydroxyl groups is 1. The van der Waals surface area contributed by atoms with Crippen LogP contribution in [0.15, 0.2) is 24.3 Å². The van der Waals surface area contributed by atoms with E-state index in [2.05, 4.69) is 31.2 Å². The fourth-order valence-corrected chi connectivity index (χ4v) is 3.60. The van der Waals surface area contributed by atoms with Crippen LogP contribution >= 0.6 is 0 Å². The topological polar surface area (TPSA) is 29.5 Å². The average Bonchev–Trinajstić information content (AvgIpc) is 2.58. The summed E-state index contributed by atoms with van der Waals surface area (Å²) >= 11 is 0. The summed E-state index contributed by atoms with van der Waals surface area (Å²) in [6.07, 6.45) is 6.96. The Morgan fingerprint density at radius 3 is 1.82 bits per heavy atom. The SMILES string of the molecule is CC.CC1CCC(c2ccc(C3CCC(O)CC3)cc2)CO1. The Kier molecular flexibility index (Phi) is 6.91. The van der Waals surface area contributed by atoms with Gasteiger partial charge in [0.2, 0.25) is 0 Å². The molecule has 1 aliphatic carbocycles. The van der Waals surface area contributed by atoms with Crippen LogP contribution in [0, 0.1) is 0 Å². The van der Waals surface area contributed by atoms with Crippen LogP contribution in [-0.4, -0.2) is 23.9 Å². The molecule has 2 atom stereocenters. The molecular weight excluding hydrogens is 272 g/mol. The third-order valence-electron chi connectivity index (χ3n) is 5.08. The molecule has 0 bridgehead atoms. The van der Waals surface area contributed by atoms with Crippen molar-refractivity contribution in [2.24, 2.45) is 0 Å². The standard InChI is InChI=1S/C18H26O2.C2H6/c1-13-2-3-17(12-20-13)16-6-4-14(5-7-16)15-8-10-18(19)11-9-15;1-2/h4-7,13,15,17-19H,2-3,8-12H2,1H3;1-2H3. The summed E-state index contributed by atoms with van der Waals surface area (Å²) in [7, 11) is 0. The Morgan fingerprint density at radius 1 is 0.818 bits per heavy atom. The molecule has 1 heterocycles. The van der Waals surface area contributed by atoms with Gasteiger partial charge in [-0.2, -0.15) is 0 Å². The van der Waals surface area contributed by atoms with Gasteiger partial charge in [0.25, 0.3) is 0 Å². The van der Waals surface area contributed by atoms with Gasteiger partial charge in [0.1, 0.15) is 0 Å². The molecule has 1 aromatic rings. The molecule has 0 spiro atoms. The van der Waals surface area contributed by atoms with Gasteiger partial charge in [0, 0.05) is 5.92 Å². The molecule has 22 heavy (non-hydrogen) atoms. The zero-order chi connectivity index (χ0) is 15.9. The number of benzene rings is 1. The van der Waals surface area contributed by atoms with Crippen molar-refractivity contribution in [1.82, 2.24) is 0 Å². The first-order valence-electron chi connectivity index (χ1n) is 9.12. The molecule has 124 valence electrons. The van der Waals surface area contributed by atoms with E-state index in [0.29, 0.717) is 17.9 Å². The lowest BCUT2D eigenvalue weighted by molar-refractivity contribution is 0.0155. The fourth-order valence-electron chi connectivity index (χ4n) is 3.60. The fraction of sp³-hybridized carbons (Fsp3) is 0.700. The largest absolute Gasteiger partial charge is 0.393 e. The maximum absolute atomic E-state index is 9.60. The highest BCUT2D eigenvalue weighted by molar-refractivity contribution is 5.28. The summed E-state index contributed by atoms with van der Waals surface area (Å²) in [6, 6.07) is 9.19. The van der Waals surface area contributed by atoms with Gasteiger partial charge in [0.05, 0.1) is 18.8 Å². The van der Waals surface area contributed by atoms with Gasteiger partial charge in [-0.25, -0.2) is 0 Å². The van der Waals surface area contributed by atoms with E-state index in [1.165, 1.54) is 24.0 Å². The van der Waals surface area contributed by atoms with Crippen LogP contribution in [0.4, 0.5) is 0 Å². The van der Waals surface area contributed by atoms with Gasteiger partial charge in [-0.05, 0) is 62.5 Å². The Morgan fingerprint density at radius 2 is 1.32 bits per heavy atom. The molecular formula is C20H32O2. The van der Waals surface area contributed by atoms with Gasteiger partial charge in [-0.15, -0.1) is 0 Å². The van der Waals surface area contributed by atoms with Crippen LogP contribution in [0.2, 0.25) is 0 Å². The molecule has 2 fully saturated rings. The second-order valence-electron chi connectivity index (χ2n) is 6.59. The van der Waals surface area contributed by atoms with Crippen molar-refractivity contribution in [2.45, 2.75) is 83.3 Å². The molecule has 3 rings (SSSR count). The van der Waals surface area contributed by atoms with Crippen molar-refractivity contribution in [3.05, 3.63) is 35.4 Å². The van der Waals surface area contributed by atoms with Crippen LogP contribution in [0.5, 0.6) is 0 Å². The quantitative estimate of drug-likeness (QED) is 0.832. The van der Waals surface area contributed by atoms with Crippen molar-refractivity contribution < 1.29 is 9.84 Å². The first kappa shape index (κ1) is 17.5. The molecule has 1 saturated carbocycles. The van der Waals surface area contributed by atoms with E-state index in [9.17, 15) is 5.11 Å². The first-order chi connectivity index (χ1) is 10.7. The second-order valence-corrected chi connectivity index (χ2v) is 6.59. The maximum atomic E-state index is 9.60. The first-order valence-corrected chi connectivity index (χ1v) is 9.12. The van der Waals surface area contributed by atoms with Gasteiger partial charge in [0.15, 0.2) is 0 Å². The van der Waals surface area contributed by atoms with E-state index in [1.54, 1.807) is 0 Å². The van der Waals surface area contributed by atoms with Crippen molar-refractivity contribution in [3.63, 3.8) is 0 Å². The molecule has 1 aliphatic heterocycles. The van der Waals surface area contributed by atoms with Crippen LogP contribution in [0.1, 0.15) is 82.3 Å². The minimum Gasteiger partial charge on any atom is -0.393 e. The third-order valence-corrected chi connectivity index (χ3v) is 5.08. The van der Waals surface area contributed by atoms with Crippen molar-refractivity contribution in [2.75, 3.05) is 6.61 Å². The van der Waals surface area contributed by atoms with Crippen LogP contribution in [-0.2, 0) is 4.74 Å². The predicted octanol–water partition coefficient (Wildman–Crippen LogP) is 5.01. The van der Waals surface area contributed by atoms with Crippen LogP contribution in [0.25, 0.3) is 0 Å². The predicted molar refractivity (Wildman–Crippen MR) is 92.4 cm³/mol. The van der Waals surface area contributed by atoms with Gasteiger partial charge in [-0.1, -0.05) is 38.1 Å². The lowest BCUT2D eigenvalue weighted by Gasteiger charge is -2.28. The van der Waals surface area contributed by atoms with Crippen LogP contribution in [0.3, 0.4) is 0 Å². The molecule has 0 radical (unpaired) electrons. The minimum absolute atomic E-state index is 0.0631. The molecule has 1 saturated heterocycles. The van der Waals surface area contributed by atoms with Crippen molar-refractivity contribution in [3.8, 4) is 0 Å². The summed E-state index contributed by atoms with van der Waals surface area (Å²) < 4.78 is 5.78. The second kappa shape index (κ2) is 8.69. The van der Waals surface area contributed by atoms with Gasteiger partial charge < -0.3 is 9.84 Å². The molecule has 2 nitrogen and oxygen atoms in total. The van der Waals surface area contributed by atoms with Crippen molar-refractivity contribution in [1.29, 1.82) is 0 Å². The normalized spacial score (nSPS) is 32.0. The monoisotopic (exact) mass is 304 g/mol. The lowest BCUT2D eigenvalue weighted by atomic mass is 9.82. The smallest absolute Gasteiger partial charge is 0.0547 e. The van der Waals surface area contributed by atoms with E-state index in [0.717, 1.165) is 32.3 Å². The summed E-state index contributed by atoms with van der Waals surface area (Å²) in [5.41, 5.74) is 2.88. The summed E-state index contributed by atoms with van der Waals surface area (Å²) in [4.78, 5) is 0. The zero-order valence-electron chi connectivity index (χ0n) is 14.4. The minimum atomic E-state index is -0.0631. The summed E-state index contributed by atoms with van der Waals surface area (Å²) in [5.74, 6) is 1.23. The number of ether oxygens (including phenoxy) is 1. The highest BCUT2D eigenvalue weighted by Crippen LogP contribution is 2.34. The average molecular weight is 304 g/mol. The Labute approximate surface area is 135 Å². The van der Waals surface area contributed by atoms with E-state index >= 15 is 0 Å². The van der Waals surface area contributed by atoms with Gasteiger partial charge in [-0.3, -0.25) is 0 Å². The zero-order valence-corrected chi connectivity index (χ0v) is 14.4. The molecule has 0 amide bonds. The van der Waals surface area contributed by atoms with E-state index < -0.39 is 0 Å². The number of hydrogen-bond donors (Lipinski definition) is 1. The maximum Gasteiger partial charge on any atom is 0.0547 e. The Balaban J connectivity index is 0.000000847. The summed E-state index contributed by atoms with van der Waals surface area (Å²) in [6.45, 7) is 7.03. The van der Waals surface area contributed by atoms with Crippen LogP contribution < -0.4 is 0 Å². The lowest BCUT2D eigenvalue weighted by Crippen LogP contribution is -2.22. The molecule has 2 aliphatic rings. The van der Waals surface area contributed by atoms with Crippen molar-refractivity contribution >= 4 is 0 Å². The number of aliphatic hydroxyl groups excluding tert-OH is 1. The van der Waals surface area contributed by atoms with E-state index in [1.807, 2.05) is 13.8 Å².